The predicted octanol–water partition coefficient (Wildman–Crippen LogP) is 0.734. The van der Waals surface area contributed by atoms with Crippen LogP contribution in [0.2, 0.25) is 0 Å². The van der Waals surface area contributed by atoms with E-state index in [-0.39, 0.29) is 12.1 Å². The average molecular weight is 267 g/mol. The summed E-state index contributed by atoms with van der Waals surface area (Å²) in [5, 5.41) is 4.29. The van der Waals surface area contributed by atoms with Gasteiger partial charge in [0, 0.05) is 20.1 Å². The molecule has 1 aliphatic carbocycles. The van der Waals surface area contributed by atoms with Crippen LogP contribution in [0.15, 0.2) is 6.33 Å². The van der Waals surface area contributed by atoms with Crippen molar-refractivity contribution < 1.29 is 4.74 Å². The van der Waals surface area contributed by atoms with Crippen LogP contribution in [0.3, 0.4) is 0 Å². The minimum Gasteiger partial charge on any atom is -0.379 e. The Morgan fingerprint density at radius 2 is 2.26 bits per heavy atom. The van der Waals surface area contributed by atoms with Crippen LogP contribution in [0.5, 0.6) is 0 Å². The summed E-state index contributed by atoms with van der Waals surface area (Å²) < 4.78 is 7.56. The highest BCUT2D eigenvalue weighted by atomic mass is 16.5. The number of aromatic nitrogens is 3. The second-order valence-electron chi connectivity index (χ2n) is 5.77. The van der Waals surface area contributed by atoms with E-state index >= 15 is 0 Å². The summed E-state index contributed by atoms with van der Waals surface area (Å²) in [6, 6.07) is 0.0904. The lowest BCUT2D eigenvalue weighted by atomic mass is 10.0. The van der Waals surface area contributed by atoms with Crippen molar-refractivity contribution in [2.24, 2.45) is 17.7 Å². The van der Waals surface area contributed by atoms with E-state index in [1.165, 1.54) is 12.8 Å². The van der Waals surface area contributed by atoms with E-state index in [2.05, 4.69) is 29.4 Å². The monoisotopic (exact) mass is 267 g/mol. The van der Waals surface area contributed by atoms with Crippen molar-refractivity contribution in [3.63, 3.8) is 0 Å². The van der Waals surface area contributed by atoms with E-state index in [4.69, 9.17) is 10.6 Å². The molecular weight excluding hydrogens is 242 g/mol. The van der Waals surface area contributed by atoms with Gasteiger partial charge in [0.15, 0.2) is 0 Å². The van der Waals surface area contributed by atoms with Crippen LogP contribution in [0.25, 0.3) is 0 Å². The molecule has 2 atom stereocenters. The van der Waals surface area contributed by atoms with Gasteiger partial charge in [-0.3, -0.25) is 11.3 Å². The Balaban J connectivity index is 2.03. The van der Waals surface area contributed by atoms with Crippen LogP contribution in [0, 0.1) is 11.8 Å². The standard InChI is InChI=1S/C13H25N5O/c1-9(2)7-18-12(15-8-16-18)6-11(17-14)13(19-3)10-4-5-10/h8-11,13,17H,4-7,14H2,1-3H3. The highest BCUT2D eigenvalue weighted by Crippen LogP contribution is 2.36. The zero-order valence-corrected chi connectivity index (χ0v) is 12.0. The van der Waals surface area contributed by atoms with Crippen molar-refractivity contribution in [1.82, 2.24) is 20.2 Å². The molecule has 6 nitrogen and oxygen atoms in total. The van der Waals surface area contributed by atoms with Crippen LogP contribution < -0.4 is 11.3 Å². The molecular formula is C13H25N5O. The van der Waals surface area contributed by atoms with Crippen LogP contribution in [-0.4, -0.2) is 34.0 Å². The number of ether oxygens (including phenoxy) is 1. The molecule has 0 amide bonds. The van der Waals surface area contributed by atoms with Crippen molar-refractivity contribution in [2.45, 2.75) is 51.8 Å². The Bertz CT molecular complexity index is 388. The second-order valence-corrected chi connectivity index (χ2v) is 5.77. The van der Waals surface area contributed by atoms with E-state index in [9.17, 15) is 0 Å². The van der Waals surface area contributed by atoms with Crippen LogP contribution in [0.1, 0.15) is 32.5 Å². The zero-order valence-electron chi connectivity index (χ0n) is 12.0. The highest BCUT2D eigenvalue weighted by Gasteiger charge is 2.37. The molecule has 0 saturated heterocycles. The van der Waals surface area contributed by atoms with E-state index < -0.39 is 0 Å². The topological polar surface area (TPSA) is 78.0 Å². The maximum atomic E-state index is 5.70. The minimum atomic E-state index is 0.0904. The summed E-state index contributed by atoms with van der Waals surface area (Å²) in [6.07, 6.45) is 4.99. The van der Waals surface area contributed by atoms with E-state index in [1.807, 2.05) is 4.68 Å². The van der Waals surface area contributed by atoms with Gasteiger partial charge >= 0.3 is 0 Å². The molecule has 1 saturated carbocycles. The third kappa shape index (κ3) is 3.75. The summed E-state index contributed by atoms with van der Waals surface area (Å²) >= 11 is 0. The normalized spacial score (nSPS) is 18.8. The molecule has 0 aliphatic heterocycles. The maximum absolute atomic E-state index is 5.70. The summed E-state index contributed by atoms with van der Waals surface area (Å²) in [4.78, 5) is 4.35. The number of methoxy groups -OCH3 is 1. The van der Waals surface area contributed by atoms with Gasteiger partial charge in [-0.1, -0.05) is 13.8 Å². The SMILES string of the molecule is COC(C1CC1)C(Cc1ncnn1CC(C)C)NN. The Kier molecular flexibility index (Phi) is 4.90. The molecule has 2 unspecified atom stereocenters. The number of hydrogen-bond acceptors (Lipinski definition) is 5. The fourth-order valence-electron chi connectivity index (χ4n) is 2.52. The van der Waals surface area contributed by atoms with Gasteiger partial charge in [0.25, 0.3) is 0 Å². The first-order valence-corrected chi connectivity index (χ1v) is 7.01. The molecule has 3 N–H and O–H groups in total. The lowest BCUT2D eigenvalue weighted by Gasteiger charge is -2.25. The van der Waals surface area contributed by atoms with Gasteiger partial charge in [-0.25, -0.2) is 9.67 Å². The van der Waals surface area contributed by atoms with Gasteiger partial charge < -0.3 is 4.74 Å². The van der Waals surface area contributed by atoms with Gasteiger partial charge in [-0.2, -0.15) is 5.10 Å². The first kappa shape index (κ1) is 14.4. The maximum Gasteiger partial charge on any atom is 0.138 e. The van der Waals surface area contributed by atoms with E-state index in [0.717, 1.165) is 18.8 Å². The smallest absolute Gasteiger partial charge is 0.138 e. The molecule has 1 heterocycles. The number of nitrogens with two attached hydrogens (primary N) is 1. The number of nitrogens with zero attached hydrogens (tertiary/aromatic N) is 3. The molecule has 0 spiro atoms. The first-order valence-electron chi connectivity index (χ1n) is 7.01. The third-order valence-electron chi connectivity index (χ3n) is 3.61. The fourth-order valence-corrected chi connectivity index (χ4v) is 2.52. The Labute approximate surface area is 114 Å². The lowest BCUT2D eigenvalue weighted by molar-refractivity contribution is 0.0501. The van der Waals surface area contributed by atoms with Crippen molar-refractivity contribution in [3.8, 4) is 0 Å². The molecule has 1 aromatic heterocycles. The number of nitrogens with one attached hydrogen (secondary N) is 1. The zero-order chi connectivity index (χ0) is 13.8. The van der Waals surface area contributed by atoms with Crippen LogP contribution in [0.4, 0.5) is 0 Å². The molecule has 1 fully saturated rings. The number of hydrazine groups is 1. The third-order valence-corrected chi connectivity index (χ3v) is 3.61. The molecule has 1 aromatic rings. The molecule has 6 heteroatoms. The Morgan fingerprint density at radius 1 is 1.53 bits per heavy atom. The predicted molar refractivity (Wildman–Crippen MR) is 73.2 cm³/mol. The van der Waals surface area contributed by atoms with Gasteiger partial charge in [-0.15, -0.1) is 0 Å². The van der Waals surface area contributed by atoms with Gasteiger partial charge in [-0.05, 0) is 24.7 Å². The number of hydrogen-bond donors (Lipinski definition) is 2. The van der Waals surface area contributed by atoms with E-state index in [0.29, 0.717) is 11.8 Å². The molecule has 0 radical (unpaired) electrons. The van der Waals surface area contributed by atoms with Gasteiger partial charge in [0.05, 0.1) is 12.1 Å². The summed E-state index contributed by atoms with van der Waals surface area (Å²) in [5.41, 5.74) is 2.89. The molecule has 1 aliphatic rings. The van der Waals surface area contributed by atoms with Crippen LogP contribution >= 0.6 is 0 Å². The highest BCUT2D eigenvalue weighted by molar-refractivity contribution is 4.97. The molecule has 108 valence electrons. The molecule has 0 bridgehead atoms. The summed E-state index contributed by atoms with van der Waals surface area (Å²) in [5.74, 6) is 7.85. The van der Waals surface area contributed by atoms with Crippen molar-refractivity contribution in [3.05, 3.63) is 12.2 Å². The largest absolute Gasteiger partial charge is 0.379 e. The minimum absolute atomic E-state index is 0.0904. The summed E-state index contributed by atoms with van der Waals surface area (Å²) in [6.45, 7) is 5.23. The van der Waals surface area contributed by atoms with Crippen molar-refractivity contribution in [2.75, 3.05) is 7.11 Å². The molecule has 2 rings (SSSR count). The van der Waals surface area contributed by atoms with E-state index in [1.54, 1.807) is 13.4 Å². The molecule has 19 heavy (non-hydrogen) atoms. The lowest BCUT2D eigenvalue weighted by Crippen LogP contribution is -2.47. The fraction of sp³-hybridized carbons (Fsp3) is 0.846. The van der Waals surface area contributed by atoms with Crippen molar-refractivity contribution >= 4 is 0 Å². The number of rotatable bonds is 8. The quantitative estimate of drug-likeness (QED) is 0.536. The Hall–Kier alpha value is -0.980. The second kappa shape index (κ2) is 6.45. The average Bonchev–Trinajstić information content (AvgIpc) is 3.11. The van der Waals surface area contributed by atoms with Gasteiger partial charge in [0.2, 0.25) is 0 Å². The van der Waals surface area contributed by atoms with Gasteiger partial charge in [0.1, 0.15) is 12.2 Å². The molecule has 0 aromatic carbocycles. The van der Waals surface area contributed by atoms with Crippen LogP contribution in [-0.2, 0) is 17.7 Å². The summed E-state index contributed by atoms with van der Waals surface area (Å²) in [7, 11) is 1.76. The first-order chi connectivity index (χ1) is 9.15. The van der Waals surface area contributed by atoms with Crippen molar-refractivity contribution in [1.29, 1.82) is 0 Å². The Morgan fingerprint density at radius 3 is 2.79 bits per heavy atom.